The van der Waals surface area contributed by atoms with Crippen molar-refractivity contribution >= 4 is 17.4 Å². The Balaban J connectivity index is 2.71. The first-order valence-corrected chi connectivity index (χ1v) is 10.5. The van der Waals surface area contributed by atoms with E-state index in [4.69, 9.17) is 19.9 Å². The third-order valence-corrected chi connectivity index (χ3v) is 4.96. The number of aromatic nitrogens is 2. The van der Waals surface area contributed by atoms with Gasteiger partial charge in [0.1, 0.15) is 5.82 Å². The van der Waals surface area contributed by atoms with E-state index in [-0.39, 0.29) is 42.7 Å². The molecule has 0 aliphatic heterocycles. The zero-order valence-corrected chi connectivity index (χ0v) is 19.8. The van der Waals surface area contributed by atoms with Crippen molar-refractivity contribution in [2.24, 2.45) is 5.92 Å². The highest BCUT2D eigenvalue weighted by molar-refractivity contribution is 6.07. The van der Waals surface area contributed by atoms with Gasteiger partial charge in [0, 0.05) is 31.3 Å². The minimum absolute atomic E-state index is 0.0353. The van der Waals surface area contributed by atoms with Crippen LogP contribution in [0.5, 0.6) is 11.5 Å². The summed E-state index contributed by atoms with van der Waals surface area (Å²) in [5.41, 5.74) is 5.69. The van der Waals surface area contributed by atoms with Gasteiger partial charge in [-0.15, -0.1) is 6.58 Å². The molecule has 33 heavy (non-hydrogen) atoms. The SMILES string of the molecule is C=CCc1cc(C(=O)N(CCOC)c2c(N)n(CC(C)C)c(=O)[nH]c2=O)cc(OC)c1OC. The zero-order valence-electron chi connectivity index (χ0n) is 19.8. The first-order valence-electron chi connectivity index (χ1n) is 10.5. The Morgan fingerprint density at radius 3 is 2.48 bits per heavy atom. The van der Waals surface area contributed by atoms with Gasteiger partial charge in [-0.3, -0.25) is 24.0 Å². The maximum atomic E-state index is 13.7. The number of benzene rings is 1. The van der Waals surface area contributed by atoms with Crippen LogP contribution in [0.2, 0.25) is 0 Å². The lowest BCUT2D eigenvalue weighted by Gasteiger charge is -2.25. The van der Waals surface area contributed by atoms with Crippen molar-refractivity contribution in [3.8, 4) is 11.5 Å². The average Bonchev–Trinajstić information content (AvgIpc) is 2.77. The predicted molar refractivity (Wildman–Crippen MR) is 128 cm³/mol. The number of carbonyl (C=O) groups is 1. The summed E-state index contributed by atoms with van der Waals surface area (Å²) in [6, 6.07) is 3.18. The van der Waals surface area contributed by atoms with E-state index in [0.717, 1.165) is 0 Å². The molecule has 0 aliphatic carbocycles. The zero-order chi connectivity index (χ0) is 24.7. The summed E-state index contributed by atoms with van der Waals surface area (Å²) in [6.45, 7) is 8.02. The van der Waals surface area contributed by atoms with Gasteiger partial charge in [0.25, 0.3) is 11.5 Å². The van der Waals surface area contributed by atoms with Crippen LogP contribution in [0.3, 0.4) is 0 Å². The molecular formula is C23H32N4O6. The van der Waals surface area contributed by atoms with Gasteiger partial charge in [-0.05, 0) is 24.5 Å². The molecule has 0 aliphatic rings. The number of nitrogens with one attached hydrogen (secondary N) is 1. The van der Waals surface area contributed by atoms with Crippen molar-refractivity contribution in [3.05, 3.63) is 56.8 Å². The Morgan fingerprint density at radius 2 is 1.94 bits per heavy atom. The molecule has 2 aromatic rings. The lowest BCUT2D eigenvalue weighted by atomic mass is 10.0. The largest absolute Gasteiger partial charge is 0.493 e. The molecule has 3 N–H and O–H groups in total. The standard InChI is InChI=1S/C23H32N4O6/c1-7-8-15-11-16(12-17(32-5)19(15)33-6)22(29)26(9-10-31-4)18-20(24)27(13-14(2)3)23(30)25-21(18)28/h7,11-12,14H,1,8-10,13,24H2,2-6H3,(H,25,28,30). The van der Waals surface area contributed by atoms with Gasteiger partial charge in [-0.2, -0.15) is 0 Å². The number of nitrogens with zero attached hydrogens (tertiary/aromatic N) is 2. The number of H-pyrrole nitrogens is 1. The van der Waals surface area contributed by atoms with Gasteiger partial charge in [0.2, 0.25) is 0 Å². The smallest absolute Gasteiger partial charge is 0.330 e. The highest BCUT2D eigenvalue weighted by Crippen LogP contribution is 2.34. The number of nitrogen functional groups attached to an aromatic ring is 1. The highest BCUT2D eigenvalue weighted by Gasteiger charge is 2.27. The topological polar surface area (TPSA) is 129 Å². The number of rotatable bonds is 11. The minimum atomic E-state index is -0.756. The van der Waals surface area contributed by atoms with Gasteiger partial charge in [-0.1, -0.05) is 19.9 Å². The number of hydrogen-bond acceptors (Lipinski definition) is 7. The first-order chi connectivity index (χ1) is 15.7. The third-order valence-electron chi connectivity index (χ3n) is 4.96. The summed E-state index contributed by atoms with van der Waals surface area (Å²) in [7, 11) is 4.46. The summed E-state index contributed by atoms with van der Waals surface area (Å²) in [5.74, 6) is 0.330. The van der Waals surface area contributed by atoms with Crippen LogP contribution in [0.4, 0.5) is 11.5 Å². The van der Waals surface area contributed by atoms with Crippen molar-refractivity contribution in [1.82, 2.24) is 9.55 Å². The monoisotopic (exact) mass is 460 g/mol. The molecule has 0 saturated carbocycles. The Hall–Kier alpha value is -3.53. The Kier molecular flexibility index (Phi) is 8.86. The van der Waals surface area contributed by atoms with Crippen molar-refractivity contribution in [2.45, 2.75) is 26.8 Å². The van der Waals surface area contributed by atoms with E-state index in [2.05, 4.69) is 11.6 Å². The molecule has 0 spiro atoms. The Bertz CT molecular complexity index is 1120. The molecule has 0 atom stereocenters. The highest BCUT2D eigenvalue weighted by atomic mass is 16.5. The number of nitrogens with two attached hydrogens (primary N) is 1. The Morgan fingerprint density at radius 1 is 1.24 bits per heavy atom. The normalized spacial score (nSPS) is 10.8. The fraction of sp³-hybridized carbons (Fsp3) is 0.435. The fourth-order valence-electron chi connectivity index (χ4n) is 3.51. The van der Waals surface area contributed by atoms with Gasteiger partial charge in [-0.25, -0.2) is 4.79 Å². The number of hydrogen-bond donors (Lipinski definition) is 2. The van der Waals surface area contributed by atoms with Crippen LogP contribution in [0.1, 0.15) is 29.8 Å². The van der Waals surface area contributed by atoms with Crippen LogP contribution in [0.15, 0.2) is 34.4 Å². The number of ether oxygens (including phenoxy) is 3. The molecule has 10 heteroatoms. The van der Waals surface area contributed by atoms with E-state index >= 15 is 0 Å². The molecule has 1 aromatic carbocycles. The predicted octanol–water partition coefficient (Wildman–Crippen LogP) is 1.81. The average molecular weight is 461 g/mol. The lowest BCUT2D eigenvalue weighted by Crippen LogP contribution is -2.43. The number of carbonyl (C=O) groups excluding carboxylic acids is 1. The van der Waals surface area contributed by atoms with Gasteiger partial charge in [0.15, 0.2) is 17.2 Å². The molecule has 0 radical (unpaired) electrons. The molecule has 0 unspecified atom stereocenters. The van der Waals surface area contributed by atoms with E-state index < -0.39 is 17.2 Å². The van der Waals surface area contributed by atoms with E-state index in [9.17, 15) is 14.4 Å². The third kappa shape index (κ3) is 5.64. The molecule has 1 amide bonds. The van der Waals surface area contributed by atoms with Crippen molar-refractivity contribution in [2.75, 3.05) is 45.1 Å². The second-order valence-electron chi connectivity index (χ2n) is 7.81. The van der Waals surface area contributed by atoms with Crippen LogP contribution >= 0.6 is 0 Å². The minimum Gasteiger partial charge on any atom is -0.493 e. The van der Waals surface area contributed by atoms with Crippen molar-refractivity contribution in [1.29, 1.82) is 0 Å². The number of aromatic amines is 1. The van der Waals surface area contributed by atoms with Crippen LogP contribution in [-0.4, -0.2) is 49.9 Å². The molecule has 0 bridgehead atoms. The number of amides is 1. The van der Waals surface area contributed by atoms with E-state index in [1.807, 2.05) is 13.8 Å². The van der Waals surface area contributed by atoms with Gasteiger partial charge in [0.05, 0.1) is 20.8 Å². The molecule has 1 aromatic heterocycles. The first kappa shape index (κ1) is 25.7. The molecule has 1 heterocycles. The number of allylic oxidation sites excluding steroid dienone is 1. The second-order valence-corrected chi connectivity index (χ2v) is 7.81. The van der Waals surface area contributed by atoms with E-state index in [1.165, 1.54) is 36.9 Å². The van der Waals surface area contributed by atoms with Crippen LogP contribution in [-0.2, 0) is 17.7 Å². The molecular weight excluding hydrogens is 428 g/mol. The van der Waals surface area contributed by atoms with Crippen LogP contribution in [0, 0.1) is 5.92 Å². The summed E-state index contributed by atoms with van der Waals surface area (Å²) in [5, 5.41) is 0. The summed E-state index contributed by atoms with van der Waals surface area (Å²) in [4.78, 5) is 42.3. The van der Waals surface area contributed by atoms with Gasteiger partial charge >= 0.3 is 5.69 Å². The number of methoxy groups -OCH3 is 3. The second kappa shape index (κ2) is 11.4. The molecule has 2 rings (SSSR count). The quantitative estimate of drug-likeness (QED) is 0.489. The van der Waals surface area contributed by atoms with Crippen molar-refractivity contribution in [3.63, 3.8) is 0 Å². The van der Waals surface area contributed by atoms with Gasteiger partial charge < -0.3 is 19.9 Å². The summed E-state index contributed by atoms with van der Waals surface area (Å²) < 4.78 is 17.3. The van der Waals surface area contributed by atoms with Crippen LogP contribution in [0.25, 0.3) is 0 Å². The van der Waals surface area contributed by atoms with Crippen molar-refractivity contribution < 1.29 is 19.0 Å². The molecule has 0 fully saturated rings. The summed E-state index contributed by atoms with van der Waals surface area (Å²) >= 11 is 0. The maximum absolute atomic E-state index is 13.7. The molecule has 0 saturated heterocycles. The summed E-state index contributed by atoms with van der Waals surface area (Å²) in [6.07, 6.45) is 2.11. The lowest BCUT2D eigenvalue weighted by molar-refractivity contribution is 0.0975. The number of anilines is 2. The fourth-order valence-corrected chi connectivity index (χ4v) is 3.51. The maximum Gasteiger partial charge on any atom is 0.330 e. The Labute approximate surface area is 192 Å². The molecule has 180 valence electrons. The molecule has 10 nitrogen and oxygen atoms in total. The van der Waals surface area contributed by atoms with E-state index in [1.54, 1.807) is 12.1 Å². The van der Waals surface area contributed by atoms with E-state index in [0.29, 0.717) is 23.5 Å². The van der Waals surface area contributed by atoms with Crippen LogP contribution < -0.4 is 31.4 Å².